The first-order valence-corrected chi connectivity index (χ1v) is 9.48. The van der Waals surface area contributed by atoms with E-state index in [1.54, 1.807) is 36.4 Å². The maximum Gasteiger partial charge on any atom is 0.256 e. The van der Waals surface area contributed by atoms with E-state index in [0.29, 0.717) is 31.5 Å². The van der Waals surface area contributed by atoms with Crippen LogP contribution in [0.3, 0.4) is 0 Å². The SMILES string of the molecule is O=C(Nc1cc(Cl)ccc1Cl)c1ccccc1C(=O)Nc1cc(Cl)ccc1Cl. The summed E-state index contributed by atoms with van der Waals surface area (Å²) in [7, 11) is 0. The molecule has 0 aromatic heterocycles. The van der Waals surface area contributed by atoms with E-state index in [-0.39, 0.29) is 11.1 Å². The second-order valence-electron chi connectivity index (χ2n) is 5.70. The molecular weight excluding hydrogens is 442 g/mol. The van der Waals surface area contributed by atoms with Crippen LogP contribution in [-0.4, -0.2) is 11.8 Å². The third-order valence-electron chi connectivity index (χ3n) is 3.77. The zero-order valence-corrected chi connectivity index (χ0v) is 17.1. The van der Waals surface area contributed by atoms with Gasteiger partial charge in [0.15, 0.2) is 0 Å². The summed E-state index contributed by atoms with van der Waals surface area (Å²) < 4.78 is 0. The fourth-order valence-corrected chi connectivity index (χ4v) is 3.12. The van der Waals surface area contributed by atoms with Crippen LogP contribution < -0.4 is 10.6 Å². The molecule has 3 rings (SSSR count). The summed E-state index contributed by atoms with van der Waals surface area (Å²) in [6, 6.07) is 15.8. The van der Waals surface area contributed by atoms with Gasteiger partial charge in [0.1, 0.15) is 0 Å². The van der Waals surface area contributed by atoms with Crippen LogP contribution in [0.15, 0.2) is 60.7 Å². The first-order valence-electron chi connectivity index (χ1n) is 7.97. The number of anilines is 2. The zero-order chi connectivity index (χ0) is 20.3. The van der Waals surface area contributed by atoms with Crippen molar-refractivity contribution in [2.75, 3.05) is 10.6 Å². The molecule has 2 amide bonds. The van der Waals surface area contributed by atoms with E-state index >= 15 is 0 Å². The van der Waals surface area contributed by atoms with Gasteiger partial charge >= 0.3 is 0 Å². The largest absolute Gasteiger partial charge is 0.321 e. The molecule has 8 heteroatoms. The Kier molecular flexibility index (Phi) is 6.47. The highest BCUT2D eigenvalue weighted by atomic mass is 35.5. The Morgan fingerprint density at radius 3 is 1.39 bits per heavy atom. The molecule has 0 unspecified atom stereocenters. The molecule has 0 atom stereocenters. The van der Waals surface area contributed by atoms with Crippen molar-refractivity contribution < 1.29 is 9.59 Å². The molecule has 0 aliphatic heterocycles. The van der Waals surface area contributed by atoms with Gasteiger partial charge < -0.3 is 10.6 Å². The maximum absolute atomic E-state index is 12.7. The zero-order valence-electron chi connectivity index (χ0n) is 14.1. The molecule has 3 aromatic rings. The average molecular weight is 454 g/mol. The Morgan fingerprint density at radius 2 is 1.00 bits per heavy atom. The average Bonchev–Trinajstić information content (AvgIpc) is 2.67. The summed E-state index contributed by atoms with van der Waals surface area (Å²) in [5.41, 5.74) is 1.00. The smallest absolute Gasteiger partial charge is 0.256 e. The highest BCUT2D eigenvalue weighted by Gasteiger charge is 2.18. The van der Waals surface area contributed by atoms with Gasteiger partial charge in [0.25, 0.3) is 11.8 Å². The standard InChI is InChI=1S/C20H12Cl4N2O2/c21-11-5-7-15(23)17(9-11)25-19(27)13-3-1-2-4-14(13)20(28)26-18-10-12(22)6-8-16(18)24/h1-10H,(H,25,27)(H,26,28). The number of amides is 2. The summed E-state index contributed by atoms with van der Waals surface area (Å²) >= 11 is 24.1. The number of rotatable bonds is 4. The predicted molar refractivity (Wildman–Crippen MR) is 115 cm³/mol. The minimum Gasteiger partial charge on any atom is -0.321 e. The van der Waals surface area contributed by atoms with Crippen LogP contribution >= 0.6 is 46.4 Å². The summed E-state index contributed by atoms with van der Waals surface area (Å²) in [5.74, 6) is -1.01. The van der Waals surface area contributed by atoms with Crippen molar-refractivity contribution in [2.45, 2.75) is 0 Å². The van der Waals surface area contributed by atoms with Crippen LogP contribution in [0.4, 0.5) is 11.4 Å². The molecule has 0 radical (unpaired) electrons. The van der Waals surface area contributed by atoms with Crippen LogP contribution in [0.5, 0.6) is 0 Å². The van der Waals surface area contributed by atoms with E-state index in [4.69, 9.17) is 46.4 Å². The van der Waals surface area contributed by atoms with Crippen molar-refractivity contribution in [3.63, 3.8) is 0 Å². The molecule has 4 nitrogen and oxygen atoms in total. The van der Waals surface area contributed by atoms with Crippen molar-refractivity contribution in [3.05, 3.63) is 91.9 Å². The highest BCUT2D eigenvalue weighted by Crippen LogP contribution is 2.28. The lowest BCUT2D eigenvalue weighted by Gasteiger charge is -2.12. The Labute approximate surface area is 181 Å². The van der Waals surface area contributed by atoms with E-state index in [0.717, 1.165) is 0 Å². The molecule has 28 heavy (non-hydrogen) atoms. The third-order valence-corrected chi connectivity index (χ3v) is 4.90. The fourth-order valence-electron chi connectivity index (χ4n) is 2.44. The molecular formula is C20H12Cl4N2O2. The number of carbonyl (C=O) groups is 2. The molecule has 0 aliphatic rings. The van der Waals surface area contributed by atoms with E-state index in [1.807, 2.05) is 0 Å². The number of hydrogen-bond donors (Lipinski definition) is 2. The number of hydrogen-bond acceptors (Lipinski definition) is 2. The molecule has 0 heterocycles. The van der Waals surface area contributed by atoms with Crippen molar-refractivity contribution in [1.29, 1.82) is 0 Å². The molecule has 0 bridgehead atoms. The van der Waals surface area contributed by atoms with E-state index in [2.05, 4.69) is 10.6 Å². The van der Waals surface area contributed by atoms with Crippen molar-refractivity contribution in [2.24, 2.45) is 0 Å². The van der Waals surface area contributed by atoms with E-state index < -0.39 is 11.8 Å². The number of nitrogens with one attached hydrogen (secondary N) is 2. The van der Waals surface area contributed by atoms with Gasteiger partial charge in [-0.3, -0.25) is 9.59 Å². The van der Waals surface area contributed by atoms with Gasteiger partial charge in [-0.15, -0.1) is 0 Å². The van der Waals surface area contributed by atoms with Crippen molar-refractivity contribution in [1.82, 2.24) is 0 Å². The van der Waals surface area contributed by atoms with Gasteiger partial charge in [0.2, 0.25) is 0 Å². The first kappa shape index (κ1) is 20.5. The van der Waals surface area contributed by atoms with Crippen LogP contribution in [0, 0.1) is 0 Å². The minimum absolute atomic E-state index is 0.161. The lowest BCUT2D eigenvalue weighted by Crippen LogP contribution is -2.20. The summed E-state index contributed by atoms with van der Waals surface area (Å²) in [6.07, 6.45) is 0. The Hall–Kier alpha value is -2.24. The van der Waals surface area contributed by atoms with Gasteiger partial charge in [0.05, 0.1) is 32.5 Å². The van der Waals surface area contributed by atoms with Crippen molar-refractivity contribution in [3.8, 4) is 0 Å². The molecule has 0 spiro atoms. The lowest BCUT2D eigenvalue weighted by molar-refractivity contribution is 0.0990. The van der Waals surface area contributed by atoms with E-state index in [9.17, 15) is 9.59 Å². The highest BCUT2D eigenvalue weighted by molar-refractivity contribution is 6.36. The second-order valence-corrected chi connectivity index (χ2v) is 7.39. The third kappa shape index (κ3) is 4.78. The van der Waals surface area contributed by atoms with Gasteiger partial charge in [0, 0.05) is 10.0 Å². The summed E-state index contributed by atoms with van der Waals surface area (Å²) in [6.45, 7) is 0. The fraction of sp³-hybridized carbons (Fsp3) is 0. The number of halogens is 4. The summed E-state index contributed by atoms with van der Waals surface area (Å²) in [5, 5.41) is 6.81. The molecule has 0 aliphatic carbocycles. The van der Waals surface area contributed by atoms with Gasteiger partial charge in [-0.05, 0) is 48.5 Å². The molecule has 3 aromatic carbocycles. The minimum atomic E-state index is -0.507. The Balaban J connectivity index is 1.88. The molecule has 142 valence electrons. The maximum atomic E-state index is 12.7. The van der Waals surface area contributed by atoms with Crippen LogP contribution in [0.2, 0.25) is 20.1 Å². The summed E-state index contributed by atoms with van der Waals surface area (Å²) in [4.78, 5) is 25.5. The normalized spacial score (nSPS) is 10.4. The Bertz CT molecular complexity index is 985. The van der Waals surface area contributed by atoms with Crippen LogP contribution in [-0.2, 0) is 0 Å². The Morgan fingerprint density at radius 1 is 0.607 bits per heavy atom. The van der Waals surface area contributed by atoms with Crippen LogP contribution in [0.1, 0.15) is 20.7 Å². The van der Waals surface area contributed by atoms with Gasteiger partial charge in [-0.25, -0.2) is 0 Å². The molecule has 0 fully saturated rings. The number of benzene rings is 3. The second kappa shape index (κ2) is 8.84. The van der Waals surface area contributed by atoms with E-state index in [1.165, 1.54) is 24.3 Å². The monoisotopic (exact) mass is 452 g/mol. The molecule has 0 saturated carbocycles. The van der Waals surface area contributed by atoms with Gasteiger partial charge in [-0.1, -0.05) is 58.5 Å². The first-order chi connectivity index (χ1) is 13.3. The lowest BCUT2D eigenvalue weighted by atomic mass is 10.1. The molecule has 0 saturated heterocycles. The van der Waals surface area contributed by atoms with Crippen LogP contribution in [0.25, 0.3) is 0 Å². The number of carbonyl (C=O) groups excluding carboxylic acids is 2. The quantitative estimate of drug-likeness (QED) is 0.456. The molecule has 2 N–H and O–H groups in total. The topological polar surface area (TPSA) is 58.2 Å². The van der Waals surface area contributed by atoms with Crippen molar-refractivity contribution >= 4 is 69.6 Å². The predicted octanol–water partition coefficient (Wildman–Crippen LogP) is 6.80. The van der Waals surface area contributed by atoms with Gasteiger partial charge in [-0.2, -0.15) is 0 Å².